The third kappa shape index (κ3) is 11.8. The Morgan fingerprint density at radius 3 is 1.65 bits per heavy atom. The van der Waals surface area contributed by atoms with Gasteiger partial charge in [0.2, 0.25) is 10.5 Å². The van der Waals surface area contributed by atoms with Crippen LogP contribution in [0.2, 0.25) is 0 Å². The summed E-state index contributed by atoms with van der Waals surface area (Å²) in [6, 6.07) is 0. The van der Waals surface area contributed by atoms with Crippen molar-refractivity contribution in [1.82, 2.24) is 0 Å². The van der Waals surface area contributed by atoms with Gasteiger partial charge in [-0.1, -0.05) is 91.4 Å². The third-order valence-electron chi connectivity index (χ3n) is 5.46. The zero-order valence-electron chi connectivity index (χ0n) is 16.4. The summed E-state index contributed by atoms with van der Waals surface area (Å²) >= 11 is 0. The Bertz CT molecular complexity index is 265. The zero-order chi connectivity index (χ0) is 17.4. The number of carbonyl (C=O) groups excluding carboxylic acids is 1. The lowest BCUT2D eigenvalue weighted by Gasteiger charge is -2.33. The monoisotopic (exact) mass is 342 g/mol. The van der Waals surface area contributed by atoms with Crippen molar-refractivity contribution in [2.24, 2.45) is 5.41 Å². The fourth-order valence-corrected chi connectivity index (χ4v) is 3.79. The van der Waals surface area contributed by atoms with Crippen LogP contribution in [0.1, 0.15) is 117 Å². The molecule has 138 valence electrons. The van der Waals surface area contributed by atoms with E-state index in [0.29, 0.717) is 22.3 Å². The van der Waals surface area contributed by atoms with Crippen LogP contribution in [0.5, 0.6) is 0 Å². The van der Waals surface area contributed by atoms with Crippen LogP contribution in [0.15, 0.2) is 0 Å². The van der Waals surface area contributed by atoms with Crippen molar-refractivity contribution in [3.63, 3.8) is 0 Å². The second-order valence-electron chi connectivity index (χ2n) is 7.26. The minimum absolute atomic E-state index is 0.0199. The Morgan fingerprint density at radius 2 is 1.26 bits per heavy atom. The molecule has 0 radical (unpaired) electrons. The lowest BCUT2D eigenvalue weighted by molar-refractivity contribution is -0.134. The van der Waals surface area contributed by atoms with Crippen molar-refractivity contribution < 1.29 is 9.22 Å². The van der Waals surface area contributed by atoms with E-state index in [1.807, 2.05) is 0 Å². The van der Waals surface area contributed by atoms with Gasteiger partial charge >= 0.3 is 0 Å². The van der Waals surface area contributed by atoms with E-state index in [4.69, 9.17) is 4.43 Å². The number of rotatable bonds is 16. The molecule has 0 aromatic rings. The maximum atomic E-state index is 11.6. The largest absolute Gasteiger partial charge is 0.529 e. The van der Waals surface area contributed by atoms with E-state index < -0.39 is 0 Å². The van der Waals surface area contributed by atoms with E-state index in [1.165, 1.54) is 83.5 Å². The predicted octanol–water partition coefficient (Wildman–Crippen LogP) is 5.71. The normalized spacial score (nSPS) is 11.8. The van der Waals surface area contributed by atoms with E-state index in [1.54, 1.807) is 0 Å². The fourth-order valence-electron chi connectivity index (χ4n) is 3.58. The molecule has 0 unspecified atom stereocenters. The van der Waals surface area contributed by atoms with Crippen LogP contribution < -0.4 is 0 Å². The van der Waals surface area contributed by atoms with E-state index >= 15 is 0 Å². The van der Waals surface area contributed by atoms with Gasteiger partial charge in [0.05, 0.1) is 0 Å². The van der Waals surface area contributed by atoms with Crippen LogP contribution in [-0.2, 0) is 9.22 Å². The number of carbonyl (C=O) groups is 1. The molecular weight excluding hydrogens is 300 g/mol. The molecule has 0 aliphatic carbocycles. The molecule has 3 heteroatoms. The smallest absolute Gasteiger partial charge is 0.291 e. The lowest BCUT2D eigenvalue weighted by Crippen LogP contribution is -2.22. The first-order valence-electron chi connectivity index (χ1n) is 10.2. The van der Waals surface area contributed by atoms with Crippen molar-refractivity contribution in [3.05, 3.63) is 0 Å². The van der Waals surface area contributed by atoms with Crippen LogP contribution in [-0.4, -0.2) is 16.5 Å². The van der Waals surface area contributed by atoms with Gasteiger partial charge in [-0.25, -0.2) is 0 Å². The first-order valence-corrected chi connectivity index (χ1v) is 11.0. The molecular formula is C20H42O2Si. The number of hydrogen-bond donors (Lipinski definition) is 0. The van der Waals surface area contributed by atoms with Gasteiger partial charge in [0.1, 0.15) is 0 Å². The summed E-state index contributed by atoms with van der Waals surface area (Å²) in [7, 11) is 0.534. The molecule has 0 aromatic heterocycles. The maximum absolute atomic E-state index is 11.6. The lowest BCUT2D eigenvalue weighted by atomic mass is 9.72. The van der Waals surface area contributed by atoms with Crippen LogP contribution in [0, 0.1) is 5.41 Å². The van der Waals surface area contributed by atoms with Crippen molar-refractivity contribution in [2.75, 3.05) is 0 Å². The highest BCUT2D eigenvalue weighted by Gasteiger charge is 2.27. The molecule has 0 atom stereocenters. The molecule has 0 heterocycles. The van der Waals surface area contributed by atoms with Gasteiger partial charge < -0.3 is 4.43 Å². The highest BCUT2D eigenvalue weighted by atomic mass is 28.2. The summed E-state index contributed by atoms with van der Waals surface area (Å²) in [5, 5.41) is 0. The van der Waals surface area contributed by atoms with Crippen molar-refractivity contribution >= 4 is 16.5 Å². The summed E-state index contributed by atoms with van der Waals surface area (Å²) in [4.78, 5) is 11.6. The van der Waals surface area contributed by atoms with Gasteiger partial charge in [-0.2, -0.15) is 0 Å². The molecule has 2 nitrogen and oxygen atoms in total. The summed E-state index contributed by atoms with van der Waals surface area (Å²) in [5.74, 6) is 0.0199. The quantitative estimate of drug-likeness (QED) is 0.265. The topological polar surface area (TPSA) is 26.3 Å². The second-order valence-corrected chi connectivity index (χ2v) is 7.67. The molecule has 0 aliphatic heterocycles. The van der Waals surface area contributed by atoms with Crippen LogP contribution in [0.25, 0.3) is 0 Å². The first-order chi connectivity index (χ1) is 11.1. The van der Waals surface area contributed by atoms with Gasteiger partial charge in [-0.05, 0) is 24.7 Å². The third-order valence-corrected chi connectivity index (χ3v) is 5.91. The average molecular weight is 343 g/mol. The minimum Gasteiger partial charge on any atom is -0.529 e. The molecule has 23 heavy (non-hydrogen) atoms. The van der Waals surface area contributed by atoms with Crippen molar-refractivity contribution in [1.29, 1.82) is 0 Å². The van der Waals surface area contributed by atoms with Gasteiger partial charge in [0.15, 0.2) is 0 Å². The fraction of sp³-hybridized carbons (Fsp3) is 0.950. The standard InChI is InChI=1S/C20H42O2Si/c1-4-7-9-11-13-16-20(6-3,18-15-19(21)22-23)17-14-12-10-8-5-2/h4-18H2,1-3,23H3. The van der Waals surface area contributed by atoms with Crippen molar-refractivity contribution in [3.8, 4) is 0 Å². The second kappa shape index (κ2) is 15.2. The van der Waals surface area contributed by atoms with E-state index in [9.17, 15) is 4.79 Å². The van der Waals surface area contributed by atoms with Crippen LogP contribution in [0.4, 0.5) is 0 Å². The molecule has 0 N–H and O–H groups in total. The number of unbranched alkanes of at least 4 members (excludes halogenated alkanes) is 8. The Morgan fingerprint density at radius 1 is 0.783 bits per heavy atom. The molecule has 0 spiro atoms. The van der Waals surface area contributed by atoms with Crippen LogP contribution in [0.3, 0.4) is 0 Å². The molecule has 0 fully saturated rings. The molecule has 0 bridgehead atoms. The van der Waals surface area contributed by atoms with Crippen molar-refractivity contribution in [2.45, 2.75) is 117 Å². The Balaban J connectivity index is 4.36. The van der Waals surface area contributed by atoms with Crippen LogP contribution >= 0.6 is 0 Å². The molecule has 0 amide bonds. The van der Waals surface area contributed by atoms with E-state index in [-0.39, 0.29) is 5.97 Å². The zero-order valence-corrected chi connectivity index (χ0v) is 18.4. The molecule has 0 rings (SSSR count). The number of hydrogen-bond acceptors (Lipinski definition) is 2. The highest BCUT2D eigenvalue weighted by Crippen LogP contribution is 2.39. The van der Waals surface area contributed by atoms with E-state index in [2.05, 4.69) is 20.8 Å². The first kappa shape index (κ1) is 22.7. The summed E-state index contributed by atoms with van der Waals surface area (Å²) in [5.41, 5.74) is 0.383. The molecule has 0 aromatic carbocycles. The average Bonchev–Trinajstić information content (AvgIpc) is 2.58. The minimum atomic E-state index is 0.0199. The van der Waals surface area contributed by atoms with Gasteiger partial charge in [0.25, 0.3) is 5.97 Å². The summed E-state index contributed by atoms with van der Waals surface area (Å²) in [6.07, 6.45) is 18.9. The Hall–Kier alpha value is -0.313. The highest BCUT2D eigenvalue weighted by molar-refractivity contribution is 6.05. The molecule has 0 saturated heterocycles. The van der Waals surface area contributed by atoms with Gasteiger partial charge in [-0.3, -0.25) is 4.79 Å². The molecule has 0 aliphatic rings. The summed E-state index contributed by atoms with van der Waals surface area (Å²) < 4.78 is 5.01. The summed E-state index contributed by atoms with van der Waals surface area (Å²) in [6.45, 7) is 6.86. The molecule has 0 saturated carbocycles. The predicted molar refractivity (Wildman–Crippen MR) is 105 cm³/mol. The van der Waals surface area contributed by atoms with E-state index in [0.717, 1.165) is 6.42 Å². The van der Waals surface area contributed by atoms with Gasteiger partial charge in [-0.15, -0.1) is 0 Å². The maximum Gasteiger partial charge on any atom is 0.291 e. The Labute approximate surface area is 148 Å². The van der Waals surface area contributed by atoms with Gasteiger partial charge in [0, 0.05) is 6.42 Å². The Kier molecular flexibility index (Phi) is 15.0. The SMILES string of the molecule is CCCCCCCC(CC)(CCCCCCC)CCC(=O)O[SiH3].